The van der Waals surface area contributed by atoms with Gasteiger partial charge in [-0.05, 0) is 25.0 Å². The van der Waals surface area contributed by atoms with Crippen LogP contribution >= 0.6 is 11.6 Å². The number of nitrogens with two attached hydrogens (primary N) is 1. The van der Waals surface area contributed by atoms with Crippen molar-refractivity contribution in [2.24, 2.45) is 12.8 Å². The van der Waals surface area contributed by atoms with Crippen LogP contribution in [0.4, 0.5) is 0 Å². The van der Waals surface area contributed by atoms with Gasteiger partial charge in [0.25, 0.3) is 0 Å². The van der Waals surface area contributed by atoms with E-state index in [1.54, 1.807) is 12.4 Å². The standard InChI is InChI=1S/C12H15ClN4/c1-8-10(6-16-17(8)2)12(14)5-9-3-4-15-7-11(9)13/h3-4,6-7,12H,5,14H2,1-2H3. The average molecular weight is 251 g/mol. The highest BCUT2D eigenvalue weighted by molar-refractivity contribution is 6.31. The van der Waals surface area contributed by atoms with Gasteiger partial charge in [-0.25, -0.2) is 0 Å². The molecule has 0 aliphatic rings. The van der Waals surface area contributed by atoms with Crippen molar-refractivity contribution in [3.63, 3.8) is 0 Å². The van der Waals surface area contributed by atoms with Gasteiger partial charge in [-0.15, -0.1) is 0 Å². The number of aryl methyl sites for hydroxylation is 1. The monoisotopic (exact) mass is 250 g/mol. The molecule has 4 nitrogen and oxygen atoms in total. The van der Waals surface area contributed by atoms with E-state index in [0.717, 1.165) is 16.8 Å². The molecule has 2 rings (SSSR count). The van der Waals surface area contributed by atoms with Crippen LogP contribution in [0.25, 0.3) is 0 Å². The minimum absolute atomic E-state index is 0.0939. The summed E-state index contributed by atoms with van der Waals surface area (Å²) in [5.74, 6) is 0. The zero-order chi connectivity index (χ0) is 12.4. The zero-order valence-corrected chi connectivity index (χ0v) is 10.6. The molecule has 0 aliphatic carbocycles. The summed E-state index contributed by atoms with van der Waals surface area (Å²) >= 11 is 6.06. The molecular formula is C12H15ClN4. The smallest absolute Gasteiger partial charge is 0.0622 e. The molecule has 1 atom stereocenters. The third-order valence-corrected chi connectivity index (χ3v) is 3.31. The van der Waals surface area contributed by atoms with Gasteiger partial charge in [0.05, 0.1) is 11.2 Å². The van der Waals surface area contributed by atoms with E-state index in [-0.39, 0.29) is 6.04 Å². The van der Waals surface area contributed by atoms with Crippen LogP contribution in [0.3, 0.4) is 0 Å². The first-order valence-electron chi connectivity index (χ1n) is 5.42. The van der Waals surface area contributed by atoms with Gasteiger partial charge in [0.2, 0.25) is 0 Å². The van der Waals surface area contributed by atoms with Gasteiger partial charge >= 0.3 is 0 Å². The fourth-order valence-corrected chi connectivity index (χ4v) is 1.99. The molecule has 17 heavy (non-hydrogen) atoms. The normalized spacial score (nSPS) is 12.7. The summed E-state index contributed by atoms with van der Waals surface area (Å²) in [6, 6.07) is 1.80. The van der Waals surface area contributed by atoms with Gasteiger partial charge < -0.3 is 5.73 Å². The lowest BCUT2D eigenvalue weighted by Crippen LogP contribution is -2.14. The second kappa shape index (κ2) is 4.85. The van der Waals surface area contributed by atoms with Gasteiger partial charge in [0.1, 0.15) is 0 Å². The predicted octanol–water partition coefficient (Wildman–Crippen LogP) is 2.02. The quantitative estimate of drug-likeness (QED) is 0.907. The molecular weight excluding hydrogens is 236 g/mol. The van der Waals surface area contributed by atoms with Crippen molar-refractivity contribution in [1.82, 2.24) is 14.8 Å². The lowest BCUT2D eigenvalue weighted by Gasteiger charge is -2.12. The van der Waals surface area contributed by atoms with Crippen LogP contribution in [-0.4, -0.2) is 14.8 Å². The predicted molar refractivity (Wildman–Crippen MR) is 67.8 cm³/mol. The minimum atomic E-state index is -0.0939. The van der Waals surface area contributed by atoms with Gasteiger partial charge in [-0.1, -0.05) is 11.6 Å². The maximum atomic E-state index is 6.18. The fourth-order valence-electron chi connectivity index (χ4n) is 1.80. The molecule has 2 N–H and O–H groups in total. The fraction of sp³-hybridized carbons (Fsp3) is 0.333. The summed E-state index contributed by atoms with van der Waals surface area (Å²) in [4.78, 5) is 3.96. The molecule has 0 aliphatic heterocycles. The summed E-state index contributed by atoms with van der Waals surface area (Å²) in [6.45, 7) is 2.01. The summed E-state index contributed by atoms with van der Waals surface area (Å²) in [7, 11) is 1.91. The maximum absolute atomic E-state index is 6.18. The Labute approximate surface area is 105 Å². The molecule has 0 bridgehead atoms. The highest BCUT2D eigenvalue weighted by atomic mass is 35.5. The number of aromatic nitrogens is 3. The van der Waals surface area contributed by atoms with E-state index in [1.165, 1.54) is 0 Å². The van der Waals surface area contributed by atoms with Crippen LogP contribution in [0.2, 0.25) is 5.02 Å². The van der Waals surface area contributed by atoms with Gasteiger partial charge in [0.15, 0.2) is 0 Å². The summed E-state index contributed by atoms with van der Waals surface area (Å²) in [5, 5.41) is 4.85. The highest BCUT2D eigenvalue weighted by Gasteiger charge is 2.14. The van der Waals surface area contributed by atoms with Gasteiger partial charge in [-0.2, -0.15) is 5.10 Å². The largest absolute Gasteiger partial charge is 0.324 e. The van der Waals surface area contributed by atoms with E-state index in [0.29, 0.717) is 11.4 Å². The van der Waals surface area contributed by atoms with Crippen molar-refractivity contribution in [2.75, 3.05) is 0 Å². The molecule has 0 amide bonds. The molecule has 0 spiro atoms. The molecule has 0 saturated heterocycles. The summed E-state index contributed by atoms with van der Waals surface area (Å²) < 4.78 is 1.82. The second-order valence-corrected chi connectivity index (χ2v) is 4.49. The number of rotatable bonds is 3. The van der Waals surface area contributed by atoms with Crippen molar-refractivity contribution >= 4 is 11.6 Å². The zero-order valence-electron chi connectivity index (χ0n) is 9.89. The molecule has 0 aromatic carbocycles. The Morgan fingerprint density at radius 2 is 2.24 bits per heavy atom. The van der Waals surface area contributed by atoms with Crippen LogP contribution in [0, 0.1) is 6.92 Å². The summed E-state index contributed by atoms with van der Waals surface area (Å²) in [6.07, 6.45) is 5.87. The molecule has 1 unspecified atom stereocenters. The molecule has 0 radical (unpaired) electrons. The second-order valence-electron chi connectivity index (χ2n) is 4.09. The van der Waals surface area contributed by atoms with Crippen LogP contribution in [0.5, 0.6) is 0 Å². The van der Waals surface area contributed by atoms with Gasteiger partial charge in [0, 0.05) is 36.7 Å². The van der Waals surface area contributed by atoms with Crippen molar-refractivity contribution in [3.05, 3.63) is 46.5 Å². The SMILES string of the molecule is Cc1c(C(N)Cc2ccncc2Cl)cnn1C. The van der Waals surface area contributed by atoms with Crippen LogP contribution in [0.1, 0.15) is 22.9 Å². The van der Waals surface area contributed by atoms with Crippen molar-refractivity contribution in [2.45, 2.75) is 19.4 Å². The van der Waals surface area contributed by atoms with E-state index in [1.807, 2.05) is 30.9 Å². The Balaban J connectivity index is 2.20. The average Bonchev–Trinajstić information content (AvgIpc) is 2.63. The Kier molecular flexibility index (Phi) is 3.45. The van der Waals surface area contributed by atoms with E-state index in [4.69, 9.17) is 17.3 Å². The molecule has 0 fully saturated rings. The third kappa shape index (κ3) is 2.48. The van der Waals surface area contributed by atoms with E-state index in [2.05, 4.69) is 10.1 Å². The number of hydrogen-bond acceptors (Lipinski definition) is 3. The van der Waals surface area contributed by atoms with Crippen LogP contribution in [0.15, 0.2) is 24.7 Å². The van der Waals surface area contributed by atoms with E-state index < -0.39 is 0 Å². The Hall–Kier alpha value is -1.39. The van der Waals surface area contributed by atoms with E-state index in [9.17, 15) is 0 Å². The first kappa shape index (κ1) is 12.1. The summed E-state index contributed by atoms with van der Waals surface area (Å²) in [5.41, 5.74) is 9.33. The first-order valence-corrected chi connectivity index (χ1v) is 5.80. The van der Waals surface area contributed by atoms with Crippen LogP contribution < -0.4 is 5.73 Å². The number of nitrogens with zero attached hydrogens (tertiary/aromatic N) is 3. The Bertz CT molecular complexity index is 521. The molecule has 2 aromatic heterocycles. The lowest BCUT2D eigenvalue weighted by atomic mass is 10.0. The number of halogens is 1. The van der Waals surface area contributed by atoms with Gasteiger partial charge in [-0.3, -0.25) is 9.67 Å². The topological polar surface area (TPSA) is 56.7 Å². The highest BCUT2D eigenvalue weighted by Crippen LogP contribution is 2.22. The molecule has 5 heteroatoms. The number of hydrogen-bond donors (Lipinski definition) is 1. The minimum Gasteiger partial charge on any atom is -0.324 e. The van der Waals surface area contributed by atoms with Crippen molar-refractivity contribution in [1.29, 1.82) is 0 Å². The first-order chi connectivity index (χ1) is 8.09. The van der Waals surface area contributed by atoms with Crippen molar-refractivity contribution in [3.8, 4) is 0 Å². The molecule has 0 saturated carbocycles. The van der Waals surface area contributed by atoms with Crippen molar-refractivity contribution < 1.29 is 0 Å². The molecule has 90 valence electrons. The van der Waals surface area contributed by atoms with E-state index >= 15 is 0 Å². The third-order valence-electron chi connectivity index (χ3n) is 2.97. The molecule has 2 aromatic rings. The Morgan fingerprint density at radius 3 is 2.82 bits per heavy atom. The number of pyridine rings is 1. The molecule has 2 heterocycles. The maximum Gasteiger partial charge on any atom is 0.0622 e. The Morgan fingerprint density at radius 1 is 1.47 bits per heavy atom. The lowest BCUT2D eigenvalue weighted by molar-refractivity contribution is 0.700. The van der Waals surface area contributed by atoms with Crippen LogP contribution in [-0.2, 0) is 13.5 Å².